The molecule has 0 bridgehead atoms. The minimum Gasteiger partial charge on any atom is -0.508 e. The second kappa shape index (κ2) is 7.70. The van der Waals surface area contributed by atoms with Gasteiger partial charge in [0.05, 0.1) is 19.6 Å². The molecule has 1 aromatic rings. The predicted molar refractivity (Wildman–Crippen MR) is 77.5 cm³/mol. The quantitative estimate of drug-likeness (QED) is 0.610. The Morgan fingerprint density at radius 2 is 1.72 bits per heavy atom. The third-order valence-corrected chi connectivity index (χ3v) is 4.69. The molecule has 2 N–H and O–H groups in total. The van der Waals surface area contributed by atoms with Gasteiger partial charge in [0.15, 0.2) is 0 Å². The molecule has 1 aliphatic heterocycles. The fourth-order valence-corrected chi connectivity index (χ4v) is 3.42. The molecular formula is C15H24NOS+. The zero-order valence-electron chi connectivity index (χ0n) is 11.0. The number of quaternary nitrogens is 1. The van der Waals surface area contributed by atoms with Crippen LogP contribution in [0.4, 0.5) is 0 Å². The van der Waals surface area contributed by atoms with Crippen molar-refractivity contribution in [1.29, 1.82) is 0 Å². The highest BCUT2D eigenvalue weighted by Crippen LogP contribution is 2.21. The molecule has 1 fully saturated rings. The summed E-state index contributed by atoms with van der Waals surface area (Å²) in [5.41, 5.74) is 0. The SMILES string of the molecule is Oc1ccc(SCCCC[NH+]2CCCCC2)cc1. The Bertz CT molecular complexity index is 333. The predicted octanol–water partition coefficient (Wildman–Crippen LogP) is 2.33. The van der Waals surface area contributed by atoms with E-state index in [1.165, 1.54) is 62.4 Å². The molecule has 0 saturated carbocycles. The second-order valence-electron chi connectivity index (χ2n) is 5.11. The molecule has 3 heteroatoms. The van der Waals surface area contributed by atoms with E-state index in [0.717, 1.165) is 0 Å². The molecule has 0 aliphatic carbocycles. The number of nitrogens with one attached hydrogen (secondary N) is 1. The number of hydrogen-bond acceptors (Lipinski definition) is 2. The van der Waals surface area contributed by atoms with Gasteiger partial charge in [-0.05, 0) is 62.1 Å². The third-order valence-electron chi connectivity index (χ3n) is 3.59. The van der Waals surface area contributed by atoms with Gasteiger partial charge in [-0.15, -0.1) is 11.8 Å². The molecule has 2 rings (SSSR count). The van der Waals surface area contributed by atoms with E-state index in [1.54, 1.807) is 12.1 Å². The highest BCUT2D eigenvalue weighted by atomic mass is 32.2. The van der Waals surface area contributed by atoms with Crippen molar-refractivity contribution in [3.05, 3.63) is 24.3 Å². The molecule has 0 atom stereocenters. The third kappa shape index (κ3) is 4.91. The normalized spacial score (nSPS) is 16.9. The molecule has 1 heterocycles. The zero-order chi connectivity index (χ0) is 12.6. The molecule has 0 unspecified atom stereocenters. The molecule has 100 valence electrons. The van der Waals surface area contributed by atoms with Crippen molar-refractivity contribution >= 4 is 11.8 Å². The number of piperidine rings is 1. The Morgan fingerprint density at radius 3 is 2.44 bits per heavy atom. The van der Waals surface area contributed by atoms with Crippen LogP contribution >= 0.6 is 11.8 Å². The maximum absolute atomic E-state index is 9.20. The second-order valence-corrected chi connectivity index (χ2v) is 6.28. The summed E-state index contributed by atoms with van der Waals surface area (Å²) in [4.78, 5) is 3.08. The van der Waals surface area contributed by atoms with E-state index in [9.17, 15) is 5.11 Å². The van der Waals surface area contributed by atoms with Crippen molar-refractivity contribution < 1.29 is 10.0 Å². The zero-order valence-corrected chi connectivity index (χ0v) is 11.8. The highest BCUT2D eigenvalue weighted by molar-refractivity contribution is 7.99. The molecular weight excluding hydrogens is 242 g/mol. The fraction of sp³-hybridized carbons (Fsp3) is 0.600. The Kier molecular flexibility index (Phi) is 5.88. The van der Waals surface area contributed by atoms with Gasteiger partial charge in [0.2, 0.25) is 0 Å². The Labute approximate surface area is 114 Å². The van der Waals surface area contributed by atoms with Crippen molar-refractivity contribution in [3.8, 4) is 5.75 Å². The molecule has 0 spiro atoms. The van der Waals surface area contributed by atoms with E-state index < -0.39 is 0 Å². The van der Waals surface area contributed by atoms with Crippen molar-refractivity contribution in [1.82, 2.24) is 0 Å². The van der Waals surface area contributed by atoms with Gasteiger partial charge in [-0.3, -0.25) is 0 Å². The summed E-state index contributed by atoms with van der Waals surface area (Å²) in [7, 11) is 0. The van der Waals surface area contributed by atoms with Gasteiger partial charge in [0.25, 0.3) is 0 Å². The van der Waals surface area contributed by atoms with E-state index in [1.807, 2.05) is 28.8 Å². The summed E-state index contributed by atoms with van der Waals surface area (Å²) >= 11 is 1.90. The molecule has 1 aliphatic rings. The summed E-state index contributed by atoms with van der Waals surface area (Å²) in [5, 5.41) is 9.20. The average molecular weight is 266 g/mol. The molecule has 18 heavy (non-hydrogen) atoms. The maximum Gasteiger partial charge on any atom is 0.115 e. The summed E-state index contributed by atoms with van der Waals surface area (Å²) in [6.07, 6.45) is 6.95. The Balaban J connectivity index is 1.54. The largest absolute Gasteiger partial charge is 0.508 e. The van der Waals surface area contributed by atoms with Gasteiger partial charge < -0.3 is 10.0 Å². The maximum atomic E-state index is 9.20. The fourth-order valence-electron chi connectivity index (χ4n) is 2.51. The number of phenols is 1. The monoisotopic (exact) mass is 266 g/mol. The summed E-state index contributed by atoms with van der Waals surface area (Å²) < 4.78 is 0. The molecule has 0 aromatic heterocycles. The van der Waals surface area contributed by atoms with Crippen LogP contribution < -0.4 is 4.90 Å². The number of benzene rings is 1. The molecule has 0 amide bonds. The van der Waals surface area contributed by atoms with E-state index in [2.05, 4.69) is 0 Å². The standard InChI is InChI=1S/C15H23NOS/c17-14-6-8-15(9-7-14)18-13-5-4-12-16-10-2-1-3-11-16/h6-9,17H,1-5,10-13H2/p+1. The first-order valence-electron chi connectivity index (χ1n) is 7.10. The molecule has 2 nitrogen and oxygen atoms in total. The van der Waals surface area contributed by atoms with Crippen molar-refractivity contribution in [2.75, 3.05) is 25.4 Å². The average Bonchev–Trinajstić information content (AvgIpc) is 2.42. The first-order chi connectivity index (χ1) is 8.84. The number of unbranched alkanes of at least 4 members (excludes halogenated alkanes) is 1. The van der Waals surface area contributed by atoms with Gasteiger partial charge in [0, 0.05) is 4.90 Å². The Morgan fingerprint density at radius 1 is 1.00 bits per heavy atom. The topological polar surface area (TPSA) is 24.7 Å². The van der Waals surface area contributed by atoms with Gasteiger partial charge in [0.1, 0.15) is 5.75 Å². The van der Waals surface area contributed by atoms with E-state index in [-0.39, 0.29) is 0 Å². The van der Waals surface area contributed by atoms with E-state index in [0.29, 0.717) is 5.75 Å². The number of thioether (sulfide) groups is 1. The lowest BCUT2D eigenvalue weighted by molar-refractivity contribution is -0.905. The first-order valence-corrected chi connectivity index (χ1v) is 8.08. The van der Waals surface area contributed by atoms with Crippen LogP contribution in [0.15, 0.2) is 29.2 Å². The smallest absolute Gasteiger partial charge is 0.115 e. The first kappa shape index (κ1) is 13.8. The van der Waals surface area contributed by atoms with E-state index >= 15 is 0 Å². The minimum atomic E-state index is 0.355. The summed E-state index contributed by atoms with van der Waals surface area (Å²) in [6.45, 7) is 4.15. The van der Waals surface area contributed by atoms with Crippen LogP contribution in [-0.2, 0) is 0 Å². The van der Waals surface area contributed by atoms with Crippen molar-refractivity contribution in [2.45, 2.75) is 37.0 Å². The van der Waals surface area contributed by atoms with Crippen molar-refractivity contribution in [3.63, 3.8) is 0 Å². The van der Waals surface area contributed by atoms with Crippen LogP contribution in [0, 0.1) is 0 Å². The van der Waals surface area contributed by atoms with Gasteiger partial charge in [-0.2, -0.15) is 0 Å². The number of phenolic OH excluding ortho intramolecular Hbond substituents is 1. The van der Waals surface area contributed by atoms with E-state index in [4.69, 9.17) is 0 Å². The summed E-state index contributed by atoms with van der Waals surface area (Å²) in [5.74, 6) is 1.55. The van der Waals surface area contributed by atoms with Gasteiger partial charge in [-0.1, -0.05) is 0 Å². The minimum absolute atomic E-state index is 0.355. The molecule has 1 saturated heterocycles. The lowest BCUT2D eigenvalue weighted by Crippen LogP contribution is -3.12. The van der Waals surface area contributed by atoms with Crippen LogP contribution in [0.2, 0.25) is 0 Å². The number of aromatic hydroxyl groups is 1. The van der Waals surface area contributed by atoms with Crippen LogP contribution in [0.1, 0.15) is 32.1 Å². The van der Waals surface area contributed by atoms with Crippen LogP contribution in [0.3, 0.4) is 0 Å². The van der Waals surface area contributed by atoms with Crippen LogP contribution in [0.25, 0.3) is 0 Å². The van der Waals surface area contributed by atoms with Gasteiger partial charge >= 0.3 is 0 Å². The number of likely N-dealkylation sites (tertiary alicyclic amines) is 1. The molecule has 0 radical (unpaired) electrons. The summed E-state index contributed by atoms with van der Waals surface area (Å²) in [6, 6.07) is 7.52. The lowest BCUT2D eigenvalue weighted by atomic mass is 10.1. The molecule has 1 aromatic carbocycles. The van der Waals surface area contributed by atoms with Crippen LogP contribution in [-0.4, -0.2) is 30.5 Å². The van der Waals surface area contributed by atoms with Gasteiger partial charge in [-0.25, -0.2) is 0 Å². The Hall–Kier alpha value is -0.670. The lowest BCUT2D eigenvalue weighted by Gasteiger charge is -2.23. The van der Waals surface area contributed by atoms with Crippen LogP contribution in [0.5, 0.6) is 5.75 Å². The van der Waals surface area contributed by atoms with Crippen molar-refractivity contribution in [2.24, 2.45) is 0 Å². The highest BCUT2D eigenvalue weighted by Gasteiger charge is 2.12. The number of hydrogen-bond donors (Lipinski definition) is 2. The number of rotatable bonds is 6.